The van der Waals surface area contributed by atoms with Crippen LogP contribution in [0.2, 0.25) is 0 Å². The maximum atomic E-state index is 4.90. The van der Waals surface area contributed by atoms with Crippen molar-refractivity contribution in [2.45, 2.75) is 79.1 Å². The van der Waals surface area contributed by atoms with Gasteiger partial charge >= 0.3 is 0 Å². The summed E-state index contributed by atoms with van der Waals surface area (Å²) in [6.45, 7) is 18.3. The number of hydrogen-bond acceptors (Lipinski definition) is 3. The van der Waals surface area contributed by atoms with E-state index < -0.39 is 0 Å². The van der Waals surface area contributed by atoms with E-state index in [1.165, 1.54) is 33.6 Å². The molecule has 0 saturated carbocycles. The van der Waals surface area contributed by atoms with Gasteiger partial charge < -0.3 is 14.0 Å². The minimum absolute atomic E-state index is 0.336. The van der Waals surface area contributed by atoms with Crippen molar-refractivity contribution < 1.29 is 0 Å². The zero-order valence-electron chi connectivity index (χ0n) is 32.3. The van der Waals surface area contributed by atoms with Crippen molar-refractivity contribution in [3.05, 3.63) is 162 Å². The summed E-state index contributed by atoms with van der Waals surface area (Å²) in [5.74, 6) is 1.34. The molecule has 0 unspecified atom stereocenters. The van der Waals surface area contributed by atoms with Crippen LogP contribution in [0.15, 0.2) is 140 Å². The molecule has 4 aromatic heterocycles. The smallest absolute Gasteiger partial charge is 0.0870 e. The quantitative estimate of drug-likeness (QED) is 0.135. The molecular weight excluding hydrogens is 647 g/mol. The van der Waals surface area contributed by atoms with Crippen molar-refractivity contribution in [3.8, 4) is 34.2 Å². The number of aromatic nitrogens is 4. The highest BCUT2D eigenvalue weighted by Crippen LogP contribution is 2.44. The Bertz CT molecular complexity index is 2100. The predicted octanol–water partition coefficient (Wildman–Crippen LogP) is 13.4. The lowest BCUT2D eigenvalue weighted by molar-refractivity contribution is 0.807. The van der Waals surface area contributed by atoms with Crippen LogP contribution in [-0.2, 0) is 0 Å². The molecule has 53 heavy (non-hydrogen) atoms. The maximum Gasteiger partial charge on any atom is 0.0870 e. The summed E-state index contributed by atoms with van der Waals surface area (Å²) in [5.41, 5.74) is 14.9. The van der Waals surface area contributed by atoms with E-state index in [0.717, 1.165) is 39.8 Å². The van der Waals surface area contributed by atoms with Crippen LogP contribution in [0.1, 0.15) is 101 Å². The summed E-state index contributed by atoms with van der Waals surface area (Å²) < 4.78 is 4.78. The van der Waals surface area contributed by atoms with E-state index in [1.54, 1.807) is 0 Å². The van der Waals surface area contributed by atoms with Gasteiger partial charge in [0.1, 0.15) is 0 Å². The fourth-order valence-corrected chi connectivity index (χ4v) is 7.54. The third-order valence-corrected chi connectivity index (χ3v) is 10.2. The second-order valence-corrected chi connectivity index (χ2v) is 15.2. The first-order chi connectivity index (χ1) is 25.6. The molecule has 268 valence electrons. The number of pyridine rings is 2. The minimum atomic E-state index is 0.336. The Morgan fingerprint density at radius 1 is 0.415 bits per heavy atom. The lowest BCUT2D eigenvalue weighted by Gasteiger charge is -2.24. The van der Waals surface area contributed by atoms with Crippen LogP contribution in [0, 0.1) is 0 Å². The lowest BCUT2D eigenvalue weighted by atomic mass is 9.92. The first-order valence-electron chi connectivity index (χ1n) is 19.0. The Morgan fingerprint density at radius 2 is 0.792 bits per heavy atom. The highest BCUT2D eigenvalue weighted by Gasteiger charge is 2.26. The van der Waals surface area contributed by atoms with Gasteiger partial charge in [-0.1, -0.05) is 122 Å². The number of para-hydroxylation sites is 3. The zero-order valence-corrected chi connectivity index (χ0v) is 32.3. The van der Waals surface area contributed by atoms with E-state index >= 15 is 0 Å². The molecule has 0 aliphatic heterocycles. The van der Waals surface area contributed by atoms with E-state index in [-0.39, 0.29) is 0 Å². The second-order valence-electron chi connectivity index (χ2n) is 15.2. The van der Waals surface area contributed by atoms with Gasteiger partial charge in [0.25, 0.3) is 0 Å². The molecule has 0 amide bonds. The summed E-state index contributed by atoms with van der Waals surface area (Å²) in [6, 6.07) is 41.2. The van der Waals surface area contributed by atoms with Crippen molar-refractivity contribution in [2.24, 2.45) is 0 Å². The Balaban J connectivity index is 1.54. The van der Waals surface area contributed by atoms with E-state index in [2.05, 4.69) is 185 Å². The molecule has 5 heteroatoms. The van der Waals surface area contributed by atoms with Gasteiger partial charge in [-0.3, -0.25) is 9.97 Å². The fraction of sp³-hybridized carbons (Fsp3) is 0.250. The van der Waals surface area contributed by atoms with Gasteiger partial charge in [0.2, 0.25) is 0 Å². The molecular formula is C48H51N5. The summed E-state index contributed by atoms with van der Waals surface area (Å²) >= 11 is 0. The average molecular weight is 698 g/mol. The molecule has 0 aliphatic rings. The van der Waals surface area contributed by atoms with Gasteiger partial charge in [-0.15, -0.1) is 0 Å². The largest absolute Gasteiger partial charge is 0.312 e. The van der Waals surface area contributed by atoms with E-state index in [1.807, 2.05) is 24.5 Å². The number of benzene rings is 3. The second kappa shape index (κ2) is 15.1. The van der Waals surface area contributed by atoms with Crippen LogP contribution in [0.25, 0.3) is 34.2 Å². The first-order valence-corrected chi connectivity index (χ1v) is 19.0. The first kappa shape index (κ1) is 35.7. The summed E-state index contributed by atoms with van der Waals surface area (Å²) in [4.78, 5) is 12.2. The van der Waals surface area contributed by atoms with E-state index in [9.17, 15) is 0 Å². The molecule has 0 atom stereocenters. The molecule has 0 spiro atoms. The average Bonchev–Trinajstić information content (AvgIpc) is 3.81. The lowest BCUT2D eigenvalue weighted by Crippen LogP contribution is -2.10. The molecule has 0 radical (unpaired) electrons. The molecule has 0 fully saturated rings. The highest BCUT2D eigenvalue weighted by atomic mass is 15.2. The third-order valence-electron chi connectivity index (χ3n) is 10.2. The van der Waals surface area contributed by atoms with Gasteiger partial charge in [-0.05, 0) is 94.5 Å². The third kappa shape index (κ3) is 6.96. The van der Waals surface area contributed by atoms with Crippen molar-refractivity contribution >= 4 is 17.1 Å². The van der Waals surface area contributed by atoms with Crippen LogP contribution in [0.4, 0.5) is 17.1 Å². The van der Waals surface area contributed by atoms with Crippen molar-refractivity contribution in [1.29, 1.82) is 0 Å². The van der Waals surface area contributed by atoms with Gasteiger partial charge in [-0.2, -0.15) is 0 Å². The molecule has 5 nitrogen and oxygen atoms in total. The molecule has 0 bridgehead atoms. The van der Waals surface area contributed by atoms with E-state index in [4.69, 9.17) is 9.97 Å². The summed E-state index contributed by atoms with van der Waals surface area (Å²) in [5, 5.41) is 0. The van der Waals surface area contributed by atoms with E-state index in [0.29, 0.717) is 23.7 Å². The topological polar surface area (TPSA) is 38.9 Å². The predicted molar refractivity (Wildman–Crippen MR) is 223 cm³/mol. The van der Waals surface area contributed by atoms with Gasteiger partial charge in [0, 0.05) is 30.5 Å². The molecule has 7 aromatic rings. The monoisotopic (exact) mass is 697 g/mol. The zero-order chi connectivity index (χ0) is 37.2. The van der Waals surface area contributed by atoms with Crippen molar-refractivity contribution in [2.75, 3.05) is 4.90 Å². The Hall–Kier alpha value is -5.68. The molecule has 0 saturated heterocycles. The van der Waals surface area contributed by atoms with Crippen LogP contribution in [0.5, 0.6) is 0 Å². The van der Waals surface area contributed by atoms with Crippen LogP contribution in [-0.4, -0.2) is 19.1 Å². The normalized spacial score (nSPS) is 11.7. The van der Waals surface area contributed by atoms with Gasteiger partial charge in [0.15, 0.2) is 0 Å². The Morgan fingerprint density at radius 3 is 1.13 bits per heavy atom. The number of nitrogens with zero attached hydrogens (tertiary/aromatic N) is 5. The standard InChI is InChI=1S/C48H51N5/c1-32(2)39-20-16-21-40(33(3)4)47(39)51-30-37(28-45(51)43-24-12-14-26-49-43)53(36-18-10-9-11-19-36)38-29-46(44-25-13-15-27-50-44)52(31-38)48-41(34(5)6)22-17-23-42(48)35(7)8/h9-35H,1-8H3. The van der Waals surface area contributed by atoms with Crippen LogP contribution >= 0.6 is 0 Å². The number of anilines is 3. The molecule has 0 aliphatic carbocycles. The Kier molecular flexibility index (Phi) is 10.2. The SMILES string of the molecule is CC(C)c1cccc(C(C)C)c1-n1cc(N(c2ccccc2)c2cc(-c3ccccn3)n(-c3c(C(C)C)cccc3C(C)C)c2)cc1-c1ccccn1. The van der Waals surface area contributed by atoms with Crippen LogP contribution in [0.3, 0.4) is 0 Å². The fourth-order valence-electron chi connectivity index (χ4n) is 7.54. The molecule has 3 aromatic carbocycles. The van der Waals surface area contributed by atoms with Gasteiger partial charge in [0.05, 0.1) is 45.5 Å². The summed E-state index contributed by atoms with van der Waals surface area (Å²) in [6.07, 6.45) is 8.39. The summed E-state index contributed by atoms with van der Waals surface area (Å²) in [7, 11) is 0. The maximum absolute atomic E-state index is 4.90. The highest BCUT2D eigenvalue weighted by molar-refractivity contribution is 5.83. The Labute approximate surface area is 315 Å². The number of hydrogen-bond donors (Lipinski definition) is 0. The molecule has 7 rings (SSSR count). The van der Waals surface area contributed by atoms with Gasteiger partial charge in [-0.25, -0.2) is 0 Å². The van der Waals surface area contributed by atoms with Crippen molar-refractivity contribution in [3.63, 3.8) is 0 Å². The number of rotatable bonds is 11. The van der Waals surface area contributed by atoms with Crippen molar-refractivity contribution in [1.82, 2.24) is 19.1 Å². The molecule has 0 N–H and O–H groups in total. The minimum Gasteiger partial charge on any atom is -0.312 e. The molecule has 4 heterocycles. The van der Waals surface area contributed by atoms with Crippen LogP contribution < -0.4 is 4.90 Å².